The van der Waals surface area contributed by atoms with Crippen LogP contribution in [-0.2, 0) is 0 Å². The van der Waals surface area contributed by atoms with Gasteiger partial charge in [-0.25, -0.2) is 4.98 Å². The van der Waals surface area contributed by atoms with Crippen molar-refractivity contribution in [3.05, 3.63) is 146 Å². The van der Waals surface area contributed by atoms with Gasteiger partial charge in [-0.3, -0.25) is 9.97 Å². The summed E-state index contributed by atoms with van der Waals surface area (Å²) in [5, 5.41) is 4.80. The van der Waals surface area contributed by atoms with E-state index in [4.69, 9.17) is 4.98 Å². The molecule has 4 nitrogen and oxygen atoms in total. The number of rotatable bonds is 4. The lowest BCUT2D eigenvalue weighted by Gasteiger charge is -2.13. The minimum atomic E-state index is 0.923. The lowest BCUT2D eigenvalue weighted by atomic mass is 9.96. The molecule has 0 aliphatic rings. The molecule has 0 saturated carbocycles. The van der Waals surface area contributed by atoms with Gasteiger partial charge in [0, 0.05) is 52.4 Å². The van der Waals surface area contributed by atoms with Crippen molar-refractivity contribution < 1.29 is 0 Å². The third kappa shape index (κ3) is 3.97. The summed E-state index contributed by atoms with van der Waals surface area (Å²) < 4.78 is 2.30. The summed E-state index contributed by atoms with van der Waals surface area (Å²) in [5.41, 5.74) is 9.70. The van der Waals surface area contributed by atoms with Crippen LogP contribution in [0.25, 0.3) is 71.9 Å². The summed E-state index contributed by atoms with van der Waals surface area (Å²) in [6, 6.07) is 42.7. The van der Waals surface area contributed by atoms with E-state index in [1.54, 1.807) is 0 Å². The van der Waals surface area contributed by atoms with Crippen LogP contribution < -0.4 is 0 Å². The first-order valence-corrected chi connectivity index (χ1v) is 13.7. The fourth-order valence-corrected chi connectivity index (χ4v) is 5.86. The molecule has 4 aromatic heterocycles. The number of aromatic nitrogens is 4. The van der Waals surface area contributed by atoms with Gasteiger partial charge in [0.1, 0.15) is 0 Å². The molecule has 0 bridgehead atoms. The van der Waals surface area contributed by atoms with Crippen molar-refractivity contribution >= 4 is 32.6 Å². The van der Waals surface area contributed by atoms with Crippen molar-refractivity contribution in [2.75, 3.05) is 0 Å². The van der Waals surface area contributed by atoms with Crippen molar-refractivity contribution in [2.24, 2.45) is 0 Å². The first-order valence-electron chi connectivity index (χ1n) is 13.7. The molecule has 0 unspecified atom stereocenters. The summed E-state index contributed by atoms with van der Waals surface area (Å²) in [6.07, 6.45) is 7.44. The standard InChI is InChI=1S/C37H24N4/c1-2-8-30-25(6-1)7-5-10-31(30)28-22-34(40-35(23-28)27-16-19-38-20-17-27)26-12-14-29(15-13-26)41-36-11-4-3-9-32(36)33-24-39-21-18-37(33)41/h1-24H. The smallest absolute Gasteiger partial charge is 0.0716 e. The average Bonchev–Trinajstić information content (AvgIpc) is 3.39. The number of benzene rings is 4. The van der Waals surface area contributed by atoms with Gasteiger partial charge in [-0.05, 0) is 70.4 Å². The van der Waals surface area contributed by atoms with E-state index in [1.165, 1.54) is 27.2 Å². The third-order valence-corrected chi connectivity index (χ3v) is 7.80. The van der Waals surface area contributed by atoms with Gasteiger partial charge < -0.3 is 4.57 Å². The first kappa shape index (κ1) is 23.3. The number of hydrogen-bond acceptors (Lipinski definition) is 3. The van der Waals surface area contributed by atoms with Crippen LogP contribution in [-0.4, -0.2) is 19.5 Å². The van der Waals surface area contributed by atoms with Crippen molar-refractivity contribution in [1.82, 2.24) is 19.5 Å². The Hall–Kier alpha value is -5.61. The Morgan fingerprint density at radius 3 is 1.95 bits per heavy atom. The van der Waals surface area contributed by atoms with E-state index in [0.717, 1.165) is 44.7 Å². The summed E-state index contributed by atoms with van der Waals surface area (Å²) in [7, 11) is 0. The Balaban J connectivity index is 1.29. The predicted molar refractivity (Wildman–Crippen MR) is 168 cm³/mol. The zero-order valence-electron chi connectivity index (χ0n) is 22.1. The fraction of sp³-hybridized carbons (Fsp3) is 0. The molecule has 0 fully saturated rings. The minimum absolute atomic E-state index is 0.923. The second kappa shape index (κ2) is 9.54. The predicted octanol–water partition coefficient (Wildman–Crippen LogP) is 9.12. The van der Waals surface area contributed by atoms with E-state index in [1.807, 2.05) is 36.9 Å². The second-order valence-corrected chi connectivity index (χ2v) is 10.2. The van der Waals surface area contributed by atoms with Crippen LogP contribution in [0.1, 0.15) is 0 Å². The highest BCUT2D eigenvalue weighted by molar-refractivity contribution is 6.08. The molecule has 8 rings (SSSR count). The lowest BCUT2D eigenvalue weighted by Crippen LogP contribution is -1.95. The van der Waals surface area contributed by atoms with Crippen LogP contribution in [0.2, 0.25) is 0 Å². The van der Waals surface area contributed by atoms with Crippen LogP contribution in [0.15, 0.2) is 146 Å². The maximum absolute atomic E-state index is 5.13. The van der Waals surface area contributed by atoms with Gasteiger partial charge in [0.15, 0.2) is 0 Å². The molecule has 192 valence electrons. The average molecular weight is 525 g/mol. The van der Waals surface area contributed by atoms with Crippen molar-refractivity contribution in [3.63, 3.8) is 0 Å². The van der Waals surface area contributed by atoms with Crippen molar-refractivity contribution in [1.29, 1.82) is 0 Å². The number of pyridine rings is 3. The summed E-state index contributed by atoms with van der Waals surface area (Å²) >= 11 is 0. The maximum Gasteiger partial charge on any atom is 0.0716 e. The quantitative estimate of drug-likeness (QED) is 0.231. The van der Waals surface area contributed by atoms with E-state index in [-0.39, 0.29) is 0 Å². The number of fused-ring (bicyclic) bond motifs is 4. The monoisotopic (exact) mass is 524 g/mol. The largest absolute Gasteiger partial charge is 0.309 e. The van der Waals surface area contributed by atoms with Crippen LogP contribution in [0.4, 0.5) is 0 Å². The second-order valence-electron chi connectivity index (χ2n) is 10.2. The maximum atomic E-state index is 5.13. The van der Waals surface area contributed by atoms with E-state index >= 15 is 0 Å². The molecular weight excluding hydrogens is 500 g/mol. The number of para-hydroxylation sites is 1. The van der Waals surface area contributed by atoms with E-state index in [9.17, 15) is 0 Å². The molecule has 0 aliphatic carbocycles. The highest BCUT2D eigenvalue weighted by atomic mass is 15.0. The van der Waals surface area contributed by atoms with E-state index in [0.29, 0.717) is 0 Å². The lowest BCUT2D eigenvalue weighted by molar-refractivity contribution is 1.17. The molecule has 0 radical (unpaired) electrons. The van der Waals surface area contributed by atoms with Crippen LogP contribution in [0.5, 0.6) is 0 Å². The molecule has 4 aromatic carbocycles. The van der Waals surface area contributed by atoms with E-state index < -0.39 is 0 Å². The molecule has 0 aliphatic heterocycles. The van der Waals surface area contributed by atoms with Crippen molar-refractivity contribution in [3.8, 4) is 39.3 Å². The molecule has 0 amide bonds. The molecule has 0 spiro atoms. The van der Waals surface area contributed by atoms with Crippen LogP contribution in [0.3, 0.4) is 0 Å². The molecule has 41 heavy (non-hydrogen) atoms. The topological polar surface area (TPSA) is 43.6 Å². The van der Waals surface area contributed by atoms with Gasteiger partial charge in [0.25, 0.3) is 0 Å². The van der Waals surface area contributed by atoms with Gasteiger partial charge in [-0.2, -0.15) is 0 Å². The zero-order chi connectivity index (χ0) is 27.2. The first-order chi connectivity index (χ1) is 20.3. The van der Waals surface area contributed by atoms with Gasteiger partial charge in [-0.15, -0.1) is 0 Å². The van der Waals surface area contributed by atoms with Crippen molar-refractivity contribution in [2.45, 2.75) is 0 Å². The fourth-order valence-electron chi connectivity index (χ4n) is 5.86. The highest BCUT2D eigenvalue weighted by Crippen LogP contribution is 2.35. The molecule has 0 saturated heterocycles. The third-order valence-electron chi connectivity index (χ3n) is 7.80. The van der Waals surface area contributed by atoms with Gasteiger partial charge >= 0.3 is 0 Å². The number of hydrogen-bond donors (Lipinski definition) is 0. The van der Waals surface area contributed by atoms with Gasteiger partial charge in [0.2, 0.25) is 0 Å². The molecule has 8 aromatic rings. The molecule has 4 heterocycles. The zero-order valence-corrected chi connectivity index (χ0v) is 22.1. The Bertz CT molecular complexity index is 2140. The number of nitrogens with zero attached hydrogens (tertiary/aromatic N) is 4. The summed E-state index contributed by atoms with van der Waals surface area (Å²) in [5.74, 6) is 0. The normalized spacial score (nSPS) is 11.4. The van der Waals surface area contributed by atoms with Crippen LogP contribution in [0, 0.1) is 0 Å². The Labute approximate surface area is 237 Å². The Morgan fingerprint density at radius 1 is 0.463 bits per heavy atom. The Kier molecular flexibility index (Phi) is 5.42. The molecule has 0 N–H and O–H groups in total. The molecular formula is C37H24N4. The van der Waals surface area contributed by atoms with Crippen LogP contribution >= 0.6 is 0 Å². The highest BCUT2D eigenvalue weighted by Gasteiger charge is 2.14. The van der Waals surface area contributed by atoms with Gasteiger partial charge in [0.05, 0.1) is 22.4 Å². The SMILES string of the molecule is c1ccc2c(-c3cc(-c4ccncc4)nc(-c4ccc(-n5c6ccccc6c6cnccc65)cc4)c3)cccc2c1. The molecule has 0 atom stereocenters. The molecule has 4 heteroatoms. The van der Waals surface area contributed by atoms with E-state index in [2.05, 4.69) is 124 Å². The summed E-state index contributed by atoms with van der Waals surface area (Å²) in [4.78, 5) is 13.7. The summed E-state index contributed by atoms with van der Waals surface area (Å²) in [6.45, 7) is 0. The van der Waals surface area contributed by atoms with Gasteiger partial charge in [-0.1, -0.05) is 72.8 Å². The minimum Gasteiger partial charge on any atom is -0.309 e. The Morgan fingerprint density at radius 2 is 1.12 bits per heavy atom.